The molecule has 3 aromatic rings. The molecule has 0 unspecified atom stereocenters. The number of rotatable bonds is 6. The fourth-order valence-electron chi connectivity index (χ4n) is 3.49. The molecule has 0 aliphatic rings. The largest absolute Gasteiger partial charge is 0.380 e. The van der Waals surface area contributed by atoms with E-state index >= 15 is 0 Å². The van der Waals surface area contributed by atoms with Crippen molar-refractivity contribution in [3.63, 3.8) is 0 Å². The highest BCUT2D eigenvalue weighted by atomic mass is 16.3. The van der Waals surface area contributed by atoms with Gasteiger partial charge in [-0.2, -0.15) is 0 Å². The lowest BCUT2D eigenvalue weighted by molar-refractivity contribution is 0.0665. The molecule has 0 spiro atoms. The van der Waals surface area contributed by atoms with Crippen LogP contribution < -0.4 is 0 Å². The van der Waals surface area contributed by atoms with Crippen LogP contribution in [0, 0.1) is 6.92 Å². The summed E-state index contributed by atoms with van der Waals surface area (Å²) < 4.78 is 0. The highest BCUT2D eigenvalue weighted by Crippen LogP contribution is 2.40. The zero-order chi connectivity index (χ0) is 17.7. The molecule has 3 rings (SSSR count). The van der Waals surface area contributed by atoms with Crippen LogP contribution in [0.1, 0.15) is 34.6 Å². The van der Waals surface area contributed by atoms with Gasteiger partial charge in [-0.1, -0.05) is 91.0 Å². The Balaban J connectivity index is 2.09. The number of hydrogen-bond acceptors (Lipinski definition) is 1. The van der Waals surface area contributed by atoms with Gasteiger partial charge in [-0.25, -0.2) is 0 Å². The summed E-state index contributed by atoms with van der Waals surface area (Å²) in [5.74, 6) is 0.0611. The van der Waals surface area contributed by atoms with E-state index in [9.17, 15) is 5.11 Å². The minimum atomic E-state index is -1.07. The van der Waals surface area contributed by atoms with E-state index in [-0.39, 0.29) is 5.92 Å². The molecule has 25 heavy (non-hydrogen) atoms. The lowest BCUT2D eigenvalue weighted by Gasteiger charge is -2.33. The normalized spacial score (nSPS) is 14.5. The van der Waals surface area contributed by atoms with Crippen LogP contribution in [-0.4, -0.2) is 5.11 Å². The molecule has 0 aliphatic carbocycles. The Morgan fingerprint density at radius 2 is 1.44 bits per heavy atom. The topological polar surface area (TPSA) is 20.2 Å². The molecule has 1 N–H and O–H groups in total. The van der Waals surface area contributed by atoms with E-state index in [2.05, 4.69) is 31.7 Å². The summed E-state index contributed by atoms with van der Waals surface area (Å²) in [5.41, 5.74) is 3.04. The van der Waals surface area contributed by atoms with Crippen molar-refractivity contribution in [3.8, 4) is 0 Å². The minimum absolute atomic E-state index is 0.0611. The first-order valence-corrected chi connectivity index (χ1v) is 8.66. The van der Waals surface area contributed by atoms with E-state index < -0.39 is 5.60 Å². The molecule has 0 aliphatic heterocycles. The third kappa shape index (κ3) is 3.57. The van der Waals surface area contributed by atoms with Crippen molar-refractivity contribution >= 4 is 0 Å². The summed E-state index contributed by atoms with van der Waals surface area (Å²) in [5, 5.41) is 11.8. The van der Waals surface area contributed by atoms with Crippen LogP contribution >= 0.6 is 0 Å². The predicted octanol–water partition coefficient (Wildman–Crippen LogP) is 5.59. The molecular weight excluding hydrogens is 304 g/mol. The summed E-state index contributed by atoms with van der Waals surface area (Å²) in [6.07, 6.45) is 2.48. The van der Waals surface area contributed by atoms with Crippen LogP contribution in [0.4, 0.5) is 0 Å². The monoisotopic (exact) mass is 328 g/mol. The predicted molar refractivity (Wildman–Crippen MR) is 105 cm³/mol. The fourth-order valence-corrected chi connectivity index (χ4v) is 3.49. The number of aliphatic hydroxyl groups is 1. The van der Waals surface area contributed by atoms with Crippen molar-refractivity contribution in [2.75, 3.05) is 0 Å². The van der Waals surface area contributed by atoms with Crippen molar-refractivity contribution < 1.29 is 5.11 Å². The van der Waals surface area contributed by atoms with Gasteiger partial charge in [0, 0.05) is 5.92 Å². The second kappa shape index (κ2) is 7.50. The second-order valence-corrected chi connectivity index (χ2v) is 6.50. The Kier molecular flexibility index (Phi) is 5.16. The van der Waals surface area contributed by atoms with Gasteiger partial charge in [-0.15, -0.1) is 6.58 Å². The Bertz CT molecular complexity index is 823. The SMILES string of the molecule is C=C[C@H](C[C@](O)(c1ccccc1)c1ccccc1C)c1ccccc1. The maximum atomic E-state index is 11.8. The Morgan fingerprint density at radius 3 is 2.04 bits per heavy atom. The molecule has 0 saturated carbocycles. The molecular formula is C24H24O. The number of hydrogen-bond donors (Lipinski definition) is 1. The molecule has 0 amide bonds. The van der Waals surface area contributed by atoms with Gasteiger partial charge >= 0.3 is 0 Å². The second-order valence-electron chi connectivity index (χ2n) is 6.50. The van der Waals surface area contributed by atoms with Crippen LogP contribution in [0.3, 0.4) is 0 Å². The maximum absolute atomic E-state index is 11.8. The van der Waals surface area contributed by atoms with E-state index in [0.29, 0.717) is 6.42 Å². The van der Waals surface area contributed by atoms with Gasteiger partial charge in [0.15, 0.2) is 0 Å². The van der Waals surface area contributed by atoms with Gasteiger partial charge in [0.25, 0.3) is 0 Å². The molecule has 2 atom stereocenters. The summed E-state index contributed by atoms with van der Waals surface area (Å²) in [7, 11) is 0. The van der Waals surface area contributed by atoms with Crippen molar-refractivity contribution in [1.82, 2.24) is 0 Å². The van der Waals surface area contributed by atoms with Crippen LogP contribution in [0.2, 0.25) is 0 Å². The van der Waals surface area contributed by atoms with Crippen molar-refractivity contribution in [1.29, 1.82) is 0 Å². The average Bonchev–Trinajstić information content (AvgIpc) is 2.67. The van der Waals surface area contributed by atoms with Gasteiger partial charge < -0.3 is 5.11 Å². The van der Waals surface area contributed by atoms with E-state index in [0.717, 1.165) is 16.7 Å². The zero-order valence-electron chi connectivity index (χ0n) is 14.6. The first-order chi connectivity index (χ1) is 12.1. The Hall–Kier alpha value is -2.64. The van der Waals surface area contributed by atoms with Crippen LogP contribution in [0.5, 0.6) is 0 Å². The van der Waals surface area contributed by atoms with E-state index in [1.54, 1.807) is 0 Å². The Morgan fingerprint density at radius 1 is 0.880 bits per heavy atom. The lowest BCUT2D eigenvalue weighted by Crippen LogP contribution is -2.30. The van der Waals surface area contributed by atoms with Gasteiger partial charge in [-0.3, -0.25) is 0 Å². The van der Waals surface area contributed by atoms with E-state index in [4.69, 9.17) is 0 Å². The lowest BCUT2D eigenvalue weighted by atomic mass is 9.76. The first-order valence-electron chi connectivity index (χ1n) is 8.66. The average molecular weight is 328 g/mol. The van der Waals surface area contributed by atoms with Crippen LogP contribution in [0.25, 0.3) is 0 Å². The number of benzene rings is 3. The third-order valence-electron chi connectivity index (χ3n) is 4.87. The molecule has 1 nitrogen and oxygen atoms in total. The van der Waals surface area contributed by atoms with Crippen molar-refractivity contribution in [2.24, 2.45) is 0 Å². The quantitative estimate of drug-likeness (QED) is 0.585. The van der Waals surface area contributed by atoms with Crippen LogP contribution in [-0.2, 0) is 5.60 Å². The highest BCUT2D eigenvalue weighted by Gasteiger charge is 2.35. The zero-order valence-corrected chi connectivity index (χ0v) is 14.6. The standard InChI is InChI=1S/C24H24O/c1-3-20(21-13-6-4-7-14-21)18-24(25,22-15-8-5-9-16-22)23-17-11-10-12-19(23)2/h3-17,20,25H,1,18H2,2H3/t20-,24+/m1/s1. The molecule has 0 aromatic heterocycles. The summed E-state index contributed by atoms with van der Waals surface area (Å²) in [4.78, 5) is 0. The van der Waals surface area contributed by atoms with Gasteiger partial charge in [0.1, 0.15) is 5.60 Å². The molecule has 0 bridgehead atoms. The summed E-state index contributed by atoms with van der Waals surface area (Å²) in [6.45, 7) is 6.07. The summed E-state index contributed by atoms with van der Waals surface area (Å²) >= 11 is 0. The van der Waals surface area contributed by atoms with Crippen LogP contribution in [0.15, 0.2) is 97.6 Å². The molecule has 0 radical (unpaired) electrons. The molecule has 0 saturated heterocycles. The highest BCUT2D eigenvalue weighted by molar-refractivity contribution is 5.41. The van der Waals surface area contributed by atoms with Gasteiger partial charge in [-0.05, 0) is 35.6 Å². The summed E-state index contributed by atoms with van der Waals surface area (Å²) in [6, 6.07) is 28.2. The molecule has 126 valence electrons. The maximum Gasteiger partial charge on any atom is 0.116 e. The Labute approximate surface area is 150 Å². The minimum Gasteiger partial charge on any atom is -0.380 e. The fraction of sp³-hybridized carbons (Fsp3) is 0.167. The smallest absolute Gasteiger partial charge is 0.116 e. The van der Waals surface area contributed by atoms with E-state index in [1.807, 2.05) is 72.8 Å². The van der Waals surface area contributed by atoms with Crippen molar-refractivity contribution in [2.45, 2.75) is 24.9 Å². The van der Waals surface area contributed by atoms with Gasteiger partial charge in [0.2, 0.25) is 0 Å². The first kappa shape index (κ1) is 17.2. The number of aryl methyl sites for hydroxylation is 1. The molecule has 0 fully saturated rings. The molecule has 0 heterocycles. The molecule has 3 aromatic carbocycles. The van der Waals surface area contributed by atoms with Crippen molar-refractivity contribution in [3.05, 3.63) is 120 Å². The third-order valence-corrected chi connectivity index (χ3v) is 4.87. The van der Waals surface area contributed by atoms with E-state index in [1.165, 1.54) is 5.56 Å². The molecule has 1 heteroatoms. The van der Waals surface area contributed by atoms with Gasteiger partial charge in [0.05, 0.1) is 0 Å². The number of allylic oxidation sites excluding steroid dienone is 1.